The third kappa shape index (κ3) is 2.92. The molecule has 2 atom stereocenters. The first-order valence-electron chi connectivity index (χ1n) is 6.87. The van der Waals surface area contributed by atoms with Crippen molar-refractivity contribution in [2.24, 2.45) is 0 Å². The number of likely N-dealkylation sites (N-methyl/N-ethyl adjacent to an activating group) is 1. The Kier molecular flexibility index (Phi) is 4.97. The zero-order valence-electron chi connectivity index (χ0n) is 12.6. The summed E-state index contributed by atoms with van der Waals surface area (Å²) in [5.74, 6) is -0.740. The predicted octanol–water partition coefficient (Wildman–Crippen LogP) is 2.97. The number of carbonyl (C=O) groups is 2. The molecule has 1 aliphatic heterocycles. The molecule has 0 bridgehead atoms. The zero-order chi connectivity index (χ0) is 16.6. The number of amides is 2. The van der Waals surface area contributed by atoms with Crippen LogP contribution in [-0.4, -0.2) is 41.2 Å². The molecule has 4 nitrogen and oxygen atoms in total. The van der Waals surface area contributed by atoms with Crippen LogP contribution < -0.4 is 0 Å². The Balaban J connectivity index is 2.42. The molecule has 1 heterocycles. The van der Waals surface area contributed by atoms with E-state index in [2.05, 4.69) is 0 Å². The van der Waals surface area contributed by atoms with Gasteiger partial charge in [0.1, 0.15) is 18.4 Å². The van der Waals surface area contributed by atoms with Crippen molar-refractivity contribution in [3.05, 3.63) is 34.1 Å². The van der Waals surface area contributed by atoms with Gasteiger partial charge < -0.3 is 9.80 Å². The molecule has 120 valence electrons. The third-order valence-electron chi connectivity index (χ3n) is 4.17. The number of benzene rings is 1. The first-order valence-corrected chi connectivity index (χ1v) is 7.79. The van der Waals surface area contributed by atoms with Crippen LogP contribution in [0.3, 0.4) is 0 Å². The molecule has 2 rings (SSSR count). The number of piperazine rings is 1. The number of nitrogens with zero attached hydrogens (tertiary/aromatic N) is 2. The maximum atomic E-state index is 13.7. The van der Waals surface area contributed by atoms with Gasteiger partial charge in [-0.25, -0.2) is 4.39 Å². The van der Waals surface area contributed by atoms with Crippen LogP contribution >= 0.6 is 23.2 Å². The van der Waals surface area contributed by atoms with Gasteiger partial charge in [0.2, 0.25) is 11.8 Å². The molecule has 1 aromatic carbocycles. The van der Waals surface area contributed by atoms with E-state index in [0.29, 0.717) is 11.1 Å². The van der Waals surface area contributed by atoms with Gasteiger partial charge in [-0.05, 0) is 37.1 Å². The van der Waals surface area contributed by atoms with Crippen LogP contribution in [0.25, 0.3) is 0 Å². The highest BCUT2D eigenvalue weighted by atomic mass is 35.5. The molecule has 0 N–H and O–H groups in total. The maximum Gasteiger partial charge on any atom is 0.246 e. The van der Waals surface area contributed by atoms with Gasteiger partial charge in [0.25, 0.3) is 0 Å². The lowest BCUT2D eigenvalue weighted by atomic mass is 9.99. The van der Waals surface area contributed by atoms with Gasteiger partial charge in [0.05, 0.1) is 6.04 Å². The van der Waals surface area contributed by atoms with Crippen molar-refractivity contribution < 1.29 is 14.0 Å². The quantitative estimate of drug-likeness (QED) is 0.789. The molecule has 1 aliphatic rings. The topological polar surface area (TPSA) is 40.6 Å². The van der Waals surface area contributed by atoms with Crippen molar-refractivity contribution in [1.29, 1.82) is 0 Å². The van der Waals surface area contributed by atoms with Gasteiger partial charge in [-0.3, -0.25) is 9.59 Å². The highest BCUT2D eigenvalue weighted by molar-refractivity contribution is 6.32. The average molecular weight is 347 g/mol. The zero-order valence-corrected chi connectivity index (χ0v) is 14.1. The monoisotopic (exact) mass is 346 g/mol. The Hall–Kier alpha value is -1.33. The fourth-order valence-corrected chi connectivity index (χ4v) is 3.24. The van der Waals surface area contributed by atoms with E-state index in [4.69, 9.17) is 23.2 Å². The second-order valence-electron chi connectivity index (χ2n) is 5.41. The van der Waals surface area contributed by atoms with E-state index in [-0.39, 0.29) is 29.3 Å². The van der Waals surface area contributed by atoms with Crippen molar-refractivity contribution in [2.45, 2.75) is 31.8 Å². The molecule has 0 aliphatic carbocycles. The van der Waals surface area contributed by atoms with Gasteiger partial charge >= 0.3 is 0 Å². The Bertz CT molecular complexity index is 624. The summed E-state index contributed by atoms with van der Waals surface area (Å²) in [7, 11) is 1.59. The van der Waals surface area contributed by atoms with E-state index in [0.717, 1.165) is 0 Å². The number of alkyl halides is 1. The Labute approximate surface area is 138 Å². The molecule has 0 aromatic heterocycles. The molecular formula is C15H17Cl2FN2O2. The van der Waals surface area contributed by atoms with Crippen molar-refractivity contribution in [2.75, 3.05) is 13.6 Å². The number of hydrogen-bond donors (Lipinski definition) is 0. The molecule has 1 aromatic rings. The van der Waals surface area contributed by atoms with Crippen molar-refractivity contribution in [3.8, 4) is 0 Å². The molecule has 0 saturated carbocycles. The molecule has 0 spiro atoms. The van der Waals surface area contributed by atoms with E-state index in [1.165, 1.54) is 21.9 Å². The van der Waals surface area contributed by atoms with Crippen LogP contribution in [0.1, 0.15) is 31.0 Å². The number of rotatable bonds is 3. The standard InChI is InChI=1S/C15H17Cl2FN2O2/c1-8(11-4-10(18)5-13(17)12(11)6-16)20-7-14(21)19(3)9(2)15(20)22/h4-5,8-9H,6-7H2,1-3H3/t8-,9-/m0/s1. The largest absolute Gasteiger partial charge is 0.332 e. The summed E-state index contributed by atoms with van der Waals surface area (Å²) in [6.07, 6.45) is 0. The molecule has 1 fully saturated rings. The predicted molar refractivity (Wildman–Crippen MR) is 83.3 cm³/mol. The summed E-state index contributed by atoms with van der Waals surface area (Å²) in [5, 5.41) is 0.220. The van der Waals surface area contributed by atoms with Crippen LogP contribution in [0.5, 0.6) is 0 Å². The van der Waals surface area contributed by atoms with Gasteiger partial charge in [0, 0.05) is 18.0 Å². The van der Waals surface area contributed by atoms with Crippen LogP contribution in [0.4, 0.5) is 4.39 Å². The lowest BCUT2D eigenvalue weighted by Crippen LogP contribution is -2.57. The number of halogens is 3. The summed E-state index contributed by atoms with van der Waals surface area (Å²) in [6.45, 7) is 3.36. The lowest BCUT2D eigenvalue weighted by molar-refractivity contribution is -0.155. The molecule has 1 saturated heterocycles. The smallest absolute Gasteiger partial charge is 0.246 e. The number of hydrogen-bond acceptors (Lipinski definition) is 2. The minimum Gasteiger partial charge on any atom is -0.332 e. The molecule has 7 heteroatoms. The number of carbonyl (C=O) groups excluding carboxylic acids is 2. The molecular weight excluding hydrogens is 330 g/mol. The fraction of sp³-hybridized carbons (Fsp3) is 0.467. The normalized spacial score (nSPS) is 20.5. The van der Waals surface area contributed by atoms with Crippen LogP contribution in [-0.2, 0) is 15.5 Å². The Morgan fingerprint density at radius 2 is 2.05 bits per heavy atom. The van der Waals surface area contributed by atoms with Crippen LogP contribution in [0.2, 0.25) is 5.02 Å². The van der Waals surface area contributed by atoms with E-state index in [1.54, 1.807) is 20.9 Å². The third-order valence-corrected chi connectivity index (χ3v) is 4.77. The van der Waals surface area contributed by atoms with E-state index in [9.17, 15) is 14.0 Å². The highest BCUT2D eigenvalue weighted by Crippen LogP contribution is 2.32. The van der Waals surface area contributed by atoms with Gasteiger partial charge in [-0.2, -0.15) is 0 Å². The summed E-state index contributed by atoms with van der Waals surface area (Å²) in [6, 6.07) is 1.46. The first kappa shape index (κ1) is 17.0. The minimum atomic E-state index is -0.549. The van der Waals surface area contributed by atoms with E-state index < -0.39 is 17.9 Å². The molecule has 0 unspecified atom stereocenters. The first-order chi connectivity index (χ1) is 10.3. The summed E-state index contributed by atoms with van der Waals surface area (Å²) in [4.78, 5) is 27.3. The maximum absolute atomic E-state index is 13.7. The van der Waals surface area contributed by atoms with Gasteiger partial charge in [-0.15, -0.1) is 11.6 Å². The molecule has 2 amide bonds. The summed E-state index contributed by atoms with van der Waals surface area (Å²) >= 11 is 11.9. The SMILES string of the molecule is C[C@H]1C(=O)N([C@@H](C)c2cc(F)cc(Cl)c2CCl)CC(=O)N1C. The van der Waals surface area contributed by atoms with Crippen LogP contribution in [0.15, 0.2) is 12.1 Å². The molecule has 0 radical (unpaired) electrons. The van der Waals surface area contributed by atoms with E-state index in [1.807, 2.05) is 0 Å². The molecule has 22 heavy (non-hydrogen) atoms. The summed E-state index contributed by atoms with van der Waals surface area (Å²) < 4.78 is 13.7. The van der Waals surface area contributed by atoms with Crippen molar-refractivity contribution in [3.63, 3.8) is 0 Å². The summed E-state index contributed by atoms with van der Waals surface area (Å²) in [5.41, 5.74) is 1.10. The average Bonchev–Trinajstić information content (AvgIpc) is 2.47. The van der Waals surface area contributed by atoms with Crippen molar-refractivity contribution >= 4 is 35.0 Å². The minimum absolute atomic E-state index is 0.0449. The van der Waals surface area contributed by atoms with Crippen LogP contribution in [0, 0.1) is 5.82 Å². The Morgan fingerprint density at radius 3 is 2.64 bits per heavy atom. The second kappa shape index (κ2) is 6.42. The Morgan fingerprint density at radius 1 is 1.41 bits per heavy atom. The van der Waals surface area contributed by atoms with Crippen molar-refractivity contribution in [1.82, 2.24) is 9.80 Å². The fourth-order valence-electron chi connectivity index (χ4n) is 2.59. The van der Waals surface area contributed by atoms with Gasteiger partial charge in [0.15, 0.2) is 0 Å². The second-order valence-corrected chi connectivity index (χ2v) is 6.09. The highest BCUT2D eigenvalue weighted by Gasteiger charge is 2.37. The lowest BCUT2D eigenvalue weighted by Gasteiger charge is -2.40. The van der Waals surface area contributed by atoms with E-state index >= 15 is 0 Å². The van der Waals surface area contributed by atoms with Gasteiger partial charge in [-0.1, -0.05) is 11.6 Å².